The van der Waals surface area contributed by atoms with E-state index in [2.05, 4.69) is 16.8 Å². The molecule has 0 amide bonds. The van der Waals surface area contributed by atoms with Crippen LogP contribution < -0.4 is 0 Å². The van der Waals surface area contributed by atoms with Crippen LogP contribution in [0.1, 0.15) is 16.1 Å². The molecule has 1 rings (SSSR count). The summed E-state index contributed by atoms with van der Waals surface area (Å²) in [7, 11) is 3.01. The summed E-state index contributed by atoms with van der Waals surface area (Å²) in [6.45, 7) is 1.79. The highest BCUT2D eigenvalue weighted by Crippen LogP contribution is 2.03. The van der Waals surface area contributed by atoms with Crippen LogP contribution in [0.15, 0.2) is 18.3 Å². The number of carbonyl (C=O) groups is 1. The van der Waals surface area contributed by atoms with Crippen LogP contribution in [-0.2, 0) is 4.74 Å². The molecule has 0 aliphatic rings. The smallest absolute Gasteiger partial charge is 0.357 e. The lowest BCUT2D eigenvalue weighted by Crippen LogP contribution is -2.04. The third-order valence-electron chi connectivity index (χ3n) is 1.33. The molecule has 11 heavy (non-hydrogen) atoms. The van der Waals surface area contributed by atoms with E-state index in [1.165, 1.54) is 0 Å². The van der Waals surface area contributed by atoms with E-state index < -0.39 is 5.97 Å². The molecule has 1 aromatic heterocycles. The number of aromatic nitrogens is 1. The number of ether oxygens (including phenoxy) is 1. The molecule has 0 saturated carbocycles. The first-order valence-corrected chi connectivity index (χ1v) is 3.13. The monoisotopic (exact) mass is 150 g/mol. The van der Waals surface area contributed by atoms with Crippen LogP contribution in [0.4, 0.5) is 0 Å². The van der Waals surface area contributed by atoms with Crippen molar-refractivity contribution >= 4 is 5.97 Å². The topological polar surface area (TPSA) is 39.2 Å². The van der Waals surface area contributed by atoms with Gasteiger partial charge in [0.25, 0.3) is 0 Å². The Kier molecular flexibility index (Phi) is 2.21. The average molecular weight is 150 g/mol. The number of hydrogen-bond acceptors (Lipinski definition) is 3. The molecule has 0 atom stereocenters. The SMILES string of the molecule is [CH2]OC(=O)c1ncccc1C. The van der Waals surface area contributed by atoms with Gasteiger partial charge < -0.3 is 4.74 Å². The van der Waals surface area contributed by atoms with E-state index in [-0.39, 0.29) is 0 Å². The summed E-state index contributed by atoms with van der Waals surface area (Å²) in [5, 5.41) is 0. The number of nitrogens with zero attached hydrogens (tertiary/aromatic N) is 1. The first-order chi connectivity index (χ1) is 5.25. The summed E-state index contributed by atoms with van der Waals surface area (Å²) in [5.41, 5.74) is 1.11. The van der Waals surface area contributed by atoms with Gasteiger partial charge in [-0.2, -0.15) is 0 Å². The first kappa shape index (κ1) is 7.72. The Morgan fingerprint density at radius 2 is 2.45 bits per heavy atom. The maximum Gasteiger partial charge on any atom is 0.357 e. The zero-order valence-electron chi connectivity index (χ0n) is 6.20. The normalized spacial score (nSPS) is 9.27. The minimum Gasteiger partial charge on any atom is -0.457 e. The lowest BCUT2D eigenvalue weighted by molar-refractivity contribution is 0.0646. The first-order valence-electron chi connectivity index (χ1n) is 3.13. The van der Waals surface area contributed by atoms with Gasteiger partial charge in [-0.1, -0.05) is 6.07 Å². The quantitative estimate of drug-likeness (QED) is 0.567. The van der Waals surface area contributed by atoms with Crippen molar-refractivity contribution in [1.82, 2.24) is 4.98 Å². The zero-order chi connectivity index (χ0) is 8.27. The zero-order valence-corrected chi connectivity index (χ0v) is 6.20. The molecular weight excluding hydrogens is 142 g/mol. The molecule has 0 aromatic carbocycles. The molecule has 0 N–H and O–H groups in total. The molecule has 3 heteroatoms. The van der Waals surface area contributed by atoms with Crippen molar-refractivity contribution in [2.75, 3.05) is 0 Å². The Labute approximate surface area is 65.0 Å². The van der Waals surface area contributed by atoms with Gasteiger partial charge in [-0.05, 0) is 18.6 Å². The molecule has 0 bridgehead atoms. The minimum atomic E-state index is -0.497. The van der Waals surface area contributed by atoms with Crippen molar-refractivity contribution in [3.63, 3.8) is 0 Å². The Morgan fingerprint density at radius 3 is 3.00 bits per heavy atom. The molecule has 0 aliphatic carbocycles. The molecule has 57 valence electrons. The summed E-state index contributed by atoms with van der Waals surface area (Å²) < 4.78 is 4.27. The third-order valence-corrected chi connectivity index (χ3v) is 1.33. The van der Waals surface area contributed by atoms with Crippen LogP contribution in [0.3, 0.4) is 0 Å². The van der Waals surface area contributed by atoms with Gasteiger partial charge in [0.05, 0.1) is 0 Å². The number of carbonyl (C=O) groups excluding carboxylic acids is 1. The van der Waals surface area contributed by atoms with Gasteiger partial charge in [0.15, 0.2) is 5.69 Å². The molecule has 0 aliphatic heterocycles. The molecule has 0 fully saturated rings. The van der Waals surface area contributed by atoms with E-state index in [9.17, 15) is 4.79 Å². The predicted molar refractivity (Wildman–Crippen MR) is 39.7 cm³/mol. The van der Waals surface area contributed by atoms with Crippen molar-refractivity contribution in [1.29, 1.82) is 0 Å². The fourth-order valence-electron chi connectivity index (χ4n) is 0.768. The van der Waals surface area contributed by atoms with E-state index in [4.69, 9.17) is 0 Å². The summed E-state index contributed by atoms with van der Waals surface area (Å²) in [4.78, 5) is 14.7. The lowest BCUT2D eigenvalue weighted by atomic mass is 10.2. The molecule has 1 heterocycles. The standard InChI is InChI=1S/C8H8NO2/c1-6-4-3-5-9-7(6)8(10)11-2/h3-5H,2H2,1H3. The van der Waals surface area contributed by atoms with Crippen molar-refractivity contribution in [2.24, 2.45) is 0 Å². The number of pyridine rings is 1. The number of hydrogen-bond donors (Lipinski definition) is 0. The van der Waals surface area contributed by atoms with E-state index in [0.29, 0.717) is 5.69 Å². The molecule has 0 spiro atoms. The Hall–Kier alpha value is -1.38. The van der Waals surface area contributed by atoms with Crippen molar-refractivity contribution in [3.05, 3.63) is 36.7 Å². The average Bonchev–Trinajstić information content (AvgIpc) is 2.04. The highest BCUT2D eigenvalue weighted by molar-refractivity contribution is 5.88. The predicted octanol–water partition coefficient (Wildman–Crippen LogP) is 1.34. The molecule has 0 saturated heterocycles. The second-order valence-corrected chi connectivity index (χ2v) is 2.10. The van der Waals surface area contributed by atoms with E-state index in [0.717, 1.165) is 5.56 Å². The molecule has 0 unspecified atom stereocenters. The Morgan fingerprint density at radius 1 is 1.73 bits per heavy atom. The minimum absolute atomic E-state index is 0.322. The third kappa shape index (κ3) is 1.55. The molecule has 3 nitrogen and oxygen atoms in total. The largest absolute Gasteiger partial charge is 0.457 e. The second kappa shape index (κ2) is 3.14. The molecular formula is C8H8NO2. The number of aryl methyl sites for hydroxylation is 1. The fourth-order valence-corrected chi connectivity index (χ4v) is 0.768. The molecule has 1 aromatic rings. The van der Waals surface area contributed by atoms with Crippen LogP contribution in [0, 0.1) is 14.0 Å². The van der Waals surface area contributed by atoms with E-state index in [1.54, 1.807) is 25.3 Å². The van der Waals surface area contributed by atoms with Crippen LogP contribution in [0.5, 0.6) is 0 Å². The summed E-state index contributed by atoms with van der Waals surface area (Å²) in [6.07, 6.45) is 1.54. The van der Waals surface area contributed by atoms with Gasteiger partial charge in [0, 0.05) is 6.20 Å². The second-order valence-electron chi connectivity index (χ2n) is 2.10. The summed E-state index contributed by atoms with van der Waals surface area (Å²) >= 11 is 0. The van der Waals surface area contributed by atoms with Gasteiger partial charge in [-0.15, -0.1) is 0 Å². The Bertz CT molecular complexity index is 271. The maximum atomic E-state index is 10.9. The fraction of sp³-hybridized carbons (Fsp3) is 0.125. The molecule has 1 radical (unpaired) electrons. The van der Waals surface area contributed by atoms with Crippen molar-refractivity contribution < 1.29 is 9.53 Å². The Balaban J connectivity index is 3.03. The number of rotatable bonds is 1. The van der Waals surface area contributed by atoms with Gasteiger partial charge >= 0.3 is 5.97 Å². The van der Waals surface area contributed by atoms with Crippen LogP contribution >= 0.6 is 0 Å². The highest BCUT2D eigenvalue weighted by Gasteiger charge is 2.08. The van der Waals surface area contributed by atoms with Gasteiger partial charge in [-0.3, -0.25) is 0 Å². The van der Waals surface area contributed by atoms with Crippen molar-refractivity contribution in [2.45, 2.75) is 6.92 Å². The van der Waals surface area contributed by atoms with Gasteiger partial charge in [0.2, 0.25) is 0 Å². The van der Waals surface area contributed by atoms with Gasteiger partial charge in [0.1, 0.15) is 7.11 Å². The lowest BCUT2D eigenvalue weighted by Gasteiger charge is -1.99. The van der Waals surface area contributed by atoms with Crippen LogP contribution in [0.2, 0.25) is 0 Å². The highest BCUT2D eigenvalue weighted by atomic mass is 16.5. The number of esters is 1. The summed E-state index contributed by atoms with van der Waals surface area (Å²) in [6, 6.07) is 3.55. The summed E-state index contributed by atoms with van der Waals surface area (Å²) in [5.74, 6) is -0.497. The van der Waals surface area contributed by atoms with Gasteiger partial charge in [-0.25, -0.2) is 9.78 Å². The van der Waals surface area contributed by atoms with E-state index >= 15 is 0 Å². The van der Waals surface area contributed by atoms with E-state index in [1.807, 2.05) is 0 Å². The van der Waals surface area contributed by atoms with Crippen molar-refractivity contribution in [3.8, 4) is 0 Å². The van der Waals surface area contributed by atoms with Crippen LogP contribution in [0.25, 0.3) is 0 Å². The van der Waals surface area contributed by atoms with Crippen LogP contribution in [-0.4, -0.2) is 11.0 Å². The maximum absolute atomic E-state index is 10.9.